The van der Waals surface area contributed by atoms with E-state index in [9.17, 15) is 4.79 Å². The van der Waals surface area contributed by atoms with Crippen LogP contribution in [0, 0.1) is 0 Å². The maximum Gasteiger partial charge on any atom is 0.316 e. The molecule has 3 heterocycles. The van der Waals surface area contributed by atoms with Gasteiger partial charge in [0, 0.05) is 18.5 Å². The highest BCUT2D eigenvalue weighted by molar-refractivity contribution is 5.86. The highest BCUT2D eigenvalue weighted by Gasteiger charge is 2.41. The summed E-state index contributed by atoms with van der Waals surface area (Å²) in [4.78, 5) is 14.3. The molecule has 3 aliphatic rings. The van der Waals surface area contributed by atoms with E-state index >= 15 is 0 Å². The molecule has 1 aliphatic carbocycles. The summed E-state index contributed by atoms with van der Waals surface area (Å²) in [6.45, 7) is 0.902. The first kappa shape index (κ1) is 11.3. The molecule has 0 spiro atoms. The normalized spacial score (nSPS) is 30.5. The second-order valence-electron chi connectivity index (χ2n) is 5.83. The molecule has 1 saturated carbocycles. The van der Waals surface area contributed by atoms with Crippen LogP contribution in [0.15, 0.2) is 4.42 Å². The molecule has 0 bridgehead atoms. The van der Waals surface area contributed by atoms with Gasteiger partial charge in [-0.15, -0.1) is 5.10 Å². The van der Waals surface area contributed by atoms with E-state index < -0.39 is 0 Å². The number of aromatic nitrogens is 2. The van der Waals surface area contributed by atoms with E-state index in [0.29, 0.717) is 23.9 Å². The number of fused-ring (bicyclic) bond motifs is 1. The molecular weight excluding hydrogens is 244 g/mol. The largest absolute Gasteiger partial charge is 0.408 e. The van der Waals surface area contributed by atoms with Crippen LogP contribution in [-0.4, -0.2) is 39.6 Å². The number of nitrogens with zero attached hydrogens (tertiary/aromatic N) is 3. The van der Waals surface area contributed by atoms with Crippen LogP contribution in [0.3, 0.4) is 0 Å². The lowest BCUT2D eigenvalue weighted by Gasteiger charge is -2.28. The number of piperidine rings is 1. The van der Waals surface area contributed by atoms with E-state index in [2.05, 4.69) is 15.5 Å². The fourth-order valence-corrected chi connectivity index (χ4v) is 3.17. The van der Waals surface area contributed by atoms with Crippen LogP contribution in [0.4, 0.5) is 6.01 Å². The number of nitrogens with one attached hydrogen (secondary N) is 1. The van der Waals surface area contributed by atoms with Gasteiger partial charge in [-0.05, 0) is 38.5 Å². The number of hydrogen-bond acceptors (Lipinski definition) is 5. The summed E-state index contributed by atoms with van der Waals surface area (Å²) < 4.78 is 5.57. The van der Waals surface area contributed by atoms with Gasteiger partial charge < -0.3 is 14.6 Å². The third-order valence-corrected chi connectivity index (χ3v) is 4.38. The van der Waals surface area contributed by atoms with Crippen molar-refractivity contribution in [2.24, 2.45) is 0 Å². The molecule has 1 aromatic heterocycles. The summed E-state index contributed by atoms with van der Waals surface area (Å²) in [6.07, 6.45) is 6.62. The Morgan fingerprint density at radius 1 is 1.21 bits per heavy atom. The number of anilines is 1. The molecule has 1 N–H and O–H groups in total. The Hall–Kier alpha value is -1.59. The first-order valence-electron chi connectivity index (χ1n) is 7.21. The fraction of sp³-hybridized carbons (Fsp3) is 0.769. The van der Waals surface area contributed by atoms with Gasteiger partial charge in [0.15, 0.2) is 0 Å². The highest BCUT2D eigenvalue weighted by atomic mass is 16.4. The number of amides is 1. The van der Waals surface area contributed by atoms with Crippen LogP contribution in [0.1, 0.15) is 50.3 Å². The van der Waals surface area contributed by atoms with Crippen LogP contribution in [0.5, 0.6) is 0 Å². The van der Waals surface area contributed by atoms with E-state index in [1.165, 1.54) is 6.42 Å². The molecular formula is C13H18N4O2. The Morgan fingerprint density at radius 2 is 2.11 bits per heavy atom. The number of carbonyl (C=O) groups is 1. The number of carbonyl (C=O) groups excluding carboxylic acids is 1. The van der Waals surface area contributed by atoms with E-state index in [1.54, 1.807) is 0 Å². The molecule has 6 nitrogen and oxygen atoms in total. The van der Waals surface area contributed by atoms with E-state index in [1.807, 2.05) is 4.90 Å². The van der Waals surface area contributed by atoms with Gasteiger partial charge in [-0.1, -0.05) is 5.10 Å². The van der Waals surface area contributed by atoms with Crippen LogP contribution < -0.4 is 5.32 Å². The van der Waals surface area contributed by atoms with Crippen molar-refractivity contribution in [1.82, 2.24) is 15.1 Å². The Morgan fingerprint density at radius 3 is 2.89 bits per heavy atom. The quantitative estimate of drug-likeness (QED) is 0.894. The zero-order valence-electron chi connectivity index (χ0n) is 10.8. The van der Waals surface area contributed by atoms with Gasteiger partial charge in [0.1, 0.15) is 6.04 Å². The summed E-state index contributed by atoms with van der Waals surface area (Å²) in [6, 6.07) is 0.625. The molecule has 1 aromatic rings. The van der Waals surface area contributed by atoms with Gasteiger partial charge in [-0.25, -0.2) is 0 Å². The molecule has 2 saturated heterocycles. The minimum Gasteiger partial charge on any atom is -0.408 e. The summed E-state index contributed by atoms with van der Waals surface area (Å²) >= 11 is 0. The first-order chi connectivity index (χ1) is 9.31. The van der Waals surface area contributed by atoms with Crippen LogP contribution in [-0.2, 0) is 4.79 Å². The van der Waals surface area contributed by atoms with Crippen molar-refractivity contribution < 1.29 is 9.21 Å². The van der Waals surface area contributed by atoms with E-state index in [-0.39, 0.29) is 11.9 Å². The fourth-order valence-electron chi connectivity index (χ4n) is 3.17. The minimum absolute atomic E-state index is 0.185. The maximum atomic E-state index is 12.3. The molecule has 2 atom stereocenters. The summed E-state index contributed by atoms with van der Waals surface area (Å²) in [5.74, 6) is 1.36. The molecule has 3 fully saturated rings. The predicted molar refractivity (Wildman–Crippen MR) is 67.7 cm³/mol. The van der Waals surface area contributed by atoms with Crippen molar-refractivity contribution >= 4 is 11.9 Å². The van der Waals surface area contributed by atoms with Gasteiger partial charge in [-0.3, -0.25) is 4.79 Å². The van der Waals surface area contributed by atoms with Gasteiger partial charge in [0.05, 0.1) is 0 Å². The smallest absolute Gasteiger partial charge is 0.316 e. The monoisotopic (exact) mass is 262 g/mol. The highest BCUT2D eigenvalue weighted by Crippen LogP contribution is 2.39. The number of hydrogen-bond donors (Lipinski definition) is 1. The third kappa shape index (κ3) is 1.99. The molecule has 4 rings (SSSR count). The lowest BCUT2D eigenvalue weighted by Crippen LogP contribution is -2.39. The average Bonchev–Trinajstić information content (AvgIpc) is 3.10. The lowest BCUT2D eigenvalue weighted by molar-refractivity contribution is -0.130. The van der Waals surface area contributed by atoms with Crippen LogP contribution in [0.25, 0.3) is 0 Å². The maximum absolute atomic E-state index is 12.3. The summed E-state index contributed by atoms with van der Waals surface area (Å²) in [7, 11) is 0. The van der Waals surface area contributed by atoms with Crippen molar-refractivity contribution in [2.75, 3.05) is 11.9 Å². The van der Waals surface area contributed by atoms with Gasteiger partial charge in [0.2, 0.25) is 11.8 Å². The summed E-state index contributed by atoms with van der Waals surface area (Å²) in [5, 5.41) is 11.1. The minimum atomic E-state index is -0.185. The molecule has 19 heavy (non-hydrogen) atoms. The van der Waals surface area contributed by atoms with E-state index in [0.717, 1.165) is 38.6 Å². The van der Waals surface area contributed by atoms with Crippen molar-refractivity contribution in [2.45, 2.75) is 56.5 Å². The summed E-state index contributed by atoms with van der Waals surface area (Å²) in [5.41, 5.74) is 0. The zero-order valence-corrected chi connectivity index (χ0v) is 10.8. The van der Waals surface area contributed by atoms with Crippen molar-refractivity contribution in [1.29, 1.82) is 0 Å². The Labute approximate surface area is 111 Å². The Kier molecular flexibility index (Phi) is 2.50. The van der Waals surface area contributed by atoms with Crippen LogP contribution >= 0.6 is 0 Å². The van der Waals surface area contributed by atoms with Gasteiger partial charge >= 0.3 is 6.01 Å². The van der Waals surface area contributed by atoms with Crippen molar-refractivity contribution in [3.05, 3.63) is 5.89 Å². The number of rotatable bonds is 3. The zero-order chi connectivity index (χ0) is 12.8. The molecule has 0 radical (unpaired) electrons. The standard InChI is InChI=1S/C13H18N4O2/c18-12-10(7-9-3-1-2-6-17(9)12)14-13-16-15-11(19-13)8-4-5-8/h8-10H,1-7H2,(H,14,16). The molecule has 6 heteroatoms. The molecule has 1 amide bonds. The second kappa shape index (κ2) is 4.21. The topological polar surface area (TPSA) is 71.3 Å². The van der Waals surface area contributed by atoms with Crippen LogP contribution in [0.2, 0.25) is 0 Å². The SMILES string of the molecule is O=C1C(Nc2nnc(C3CC3)o2)CC2CCCCN12. The molecule has 2 unspecified atom stereocenters. The third-order valence-electron chi connectivity index (χ3n) is 4.38. The Balaban J connectivity index is 1.45. The molecule has 0 aromatic carbocycles. The van der Waals surface area contributed by atoms with Gasteiger partial charge in [0.25, 0.3) is 0 Å². The lowest BCUT2D eigenvalue weighted by atomic mass is 10.0. The van der Waals surface area contributed by atoms with E-state index in [4.69, 9.17) is 4.42 Å². The van der Waals surface area contributed by atoms with Gasteiger partial charge in [-0.2, -0.15) is 0 Å². The predicted octanol–water partition coefficient (Wildman–Crippen LogP) is 1.51. The second-order valence-corrected chi connectivity index (χ2v) is 5.83. The average molecular weight is 262 g/mol. The molecule has 2 aliphatic heterocycles. The van der Waals surface area contributed by atoms with Crippen molar-refractivity contribution in [3.8, 4) is 0 Å². The first-order valence-corrected chi connectivity index (χ1v) is 7.21. The van der Waals surface area contributed by atoms with Crippen molar-refractivity contribution in [3.63, 3.8) is 0 Å². The molecule has 102 valence electrons. The Bertz CT molecular complexity index is 497.